The van der Waals surface area contributed by atoms with Crippen LogP contribution in [-0.2, 0) is 16.0 Å². The molecule has 250 valence electrons. The molecule has 0 spiro atoms. The first-order valence-electron chi connectivity index (χ1n) is 16.9. The number of amides is 2. The van der Waals surface area contributed by atoms with Gasteiger partial charge in [0, 0.05) is 44.8 Å². The van der Waals surface area contributed by atoms with Gasteiger partial charge in [-0.15, -0.1) is 0 Å². The van der Waals surface area contributed by atoms with Crippen molar-refractivity contribution in [1.29, 1.82) is 0 Å². The van der Waals surface area contributed by atoms with E-state index < -0.39 is 6.04 Å². The molecule has 3 aliphatic rings. The van der Waals surface area contributed by atoms with E-state index in [0.717, 1.165) is 74.2 Å². The third-order valence-electron chi connectivity index (χ3n) is 10.2. The number of piperazine rings is 1. The smallest absolute Gasteiger partial charge is 0.236 e. The Morgan fingerprint density at radius 3 is 2.45 bits per heavy atom. The zero-order valence-electron chi connectivity index (χ0n) is 27.9. The summed E-state index contributed by atoms with van der Waals surface area (Å²) in [4.78, 5) is 39.1. The van der Waals surface area contributed by atoms with Crippen molar-refractivity contribution in [1.82, 2.24) is 14.8 Å². The van der Waals surface area contributed by atoms with Crippen molar-refractivity contribution in [2.45, 2.75) is 70.6 Å². The van der Waals surface area contributed by atoms with E-state index in [4.69, 9.17) is 21.3 Å². The van der Waals surface area contributed by atoms with Gasteiger partial charge < -0.3 is 19.6 Å². The van der Waals surface area contributed by atoms with Crippen LogP contribution in [0, 0.1) is 5.92 Å². The minimum absolute atomic E-state index is 0.0390. The number of aromatic hydroxyl groups is 1. The van der Waals surface area contributed by atoms with Gasteiger partial charge in [0.1, 0.15) is 5.82 Å². The summed E-state index contributed by atoms with van der Waals surface area (Å²) in [5, 5.41) is 11.4. The Kier molecular flexibility index (Phi) is 9.94. The van der Waals surface area contributed by atoms with E-state index in [0.29, 0.717) is 35.0 Å². The number of carbonyl (C=O) groups excluding carboxylic acids is 2. The summed E-state index contributed by atoms with van der Waals surface area (Å²) in [7, 11) is 3.97. The van der Waals surface area contributed by atoms with Gasteiger partial charge in [-0.2, -0.15) is 0 Å². The summed E-state index contributed by atoms with van der Waals surface area (Å²) < 4.78 is 6.07. The summed E-state index contributed by atoms with van der Waals surface area (Å²) in [6, 6.07) is 15.1. The van der Waals surface area contributed by atoms with Gasteiger partial charge in [0.15, 0.2) is 11.5 Å². The number of carbonyl (C=O) groups is 2. The molecule has 6 rings (SSSR count). The van der Waals surface area contributed by atoms with Gasteiger partial charge >= 0.3 is 0 Å². The van der Waals surface area contributed by atoms with Crippen LogP contribution >= 0.6 is 11.6 Å². The van der Waals surface area contributed by atoms with E-state index in [1.54, 1.807) is 17.2 Å². The SMILES string of the molecule is CC[C@@H](C)Oc1cc2c(cc1O)CC(=O)N(c1ccc(N(C)C[C@H]3CC[C@H](N4CCN(C)C(=O)C4)CC3)nc1)C2c1ccc(Cl)cc1. The summed E-state index contributed by atoms with van der Waals surface area (Å²) in [5.74, 6) is 2.03. The fourth-order valence-corrected chi connectivity index (χ4v) is 7.36. The highest BCUT2D eigenvalue weighted by Crippen LogP contribution is 2.43. The highest BCUT2D eigenvalue weighted by Gasteiger charge is 2.36. The molecule has 0 radical (unpaired) electrons. The molecule has 47 heavy (non-hydrogen) atoms. The van der Waals surface area contributed by atoms with E-state index in [2.05, 4.69) is 16.8 Å². The third-order valence-corrected chi connectivity index (χ3v) is 10.5. The van der Waals surface area contributed by atoms with E-state index in [1.165, 1.54) is 0 Å². The Labute approximate surface area is 283 Å². The number of nitrogens with zero attached hydrogens (tertiary/aromatic N) is 5. The lowest BCUT2D eigenvalue weighted by Crippen LogP contribution is -2.53. The number of halogens is 1. The molecule has 1 unspecified atom stereocenters. The maximum atomic E-state index is 13.8. The molecule has 2 fully saturated rings. The average molecular weight is 660 g/mol. The number of phenols is 1. The molecular formula is C37H46ClN5O4. The highest BCUT2D eigenvalue weighted by molar-refractivity contribution is 6.30. The number of likely N-dealkylation sites (N-methyl/N-ethyl adjacent to an activating group) is 1. The van der Waals surface area contributed by atoms with Crippen LogP contribution in [0.3, 0.4) is 0 Å². The normalized spacial score (nSPS) is 22.6. The van der Waals surface area contributed by atoms with Crippen LogP contribution < -0.4 is 14.5 Å². The molecule has 10 heteroatoms. The second-order valence-corrected chi connectivity index (χ2v) is 13.9. The number of ether oxygens (including phenoxy) is 1. The lowest BCUT2D eigenvalue weighted by molar-refractivity contribution is -0.135. The number of hydrogen-bond donors (Lipinski definition) is 1. The van der Waals surface area contributed by atoms with Crippen molar-refractivity contribution in [2.24, 2.45) is 5.92 Å². The molecule has 1 saturated heterocycles. The van der Waals surface area contributed by atoms with Crippen LogP contribution in [-0.4, -0.2) is 84.1 Å². The van der Waals surface area contributed by atoms with Crippen LogP contribution in [0.4, 0.5) is 11.5 Å². The standard InChI is InChI=1S/C37H46ClN5O4/c1-5-24(2)47-33-20-31-27(18-32(33)44)19-35(45)43(37(31)26-8-10-28(38)11-9-26)30-14-15-34(39-21-30)41(4)22-25-6-12-29(13-7-25)42-17-16-40(3)36(46)23-42/h8-11,14-15,18,20-21,24-25,29,37,44H,5-7,12-13,16-17,19,22-23H2,1-4H3/t24-,25-,29-,37?/m1/s1. The van der Waals surface area contributed by atoms with Crippen LogP contribution in [0.2, 0.25) is 5.02 Å². The maximum absolute atomic E-state index is 13.8. The van der Waals surface area contributed by atoms with Gasteiger partial charge in [0.05, 0.1) is 37.0 Å². The number of hydrogen-bond acceptors (Lipinski definition) is 7. The zero-order valence-corrected chi connectivity index (χ0v) is 28.6. The highest BCUT2D eigenvalue weighted by atomic mass is 35.5. The zero-order chi connectivity index (χ0) is 33.2. The van der Waals surface area contributed by atoms with Crippen molar-refractivity contribution in [3.63, 3.8) is 0 Å². The van der Waals surface area contributed by atoms with Crippen LogP contribution in [0.1, 0.15) is 68.7 Å². The number of benzene rings is 2. The quantitative estimate of drug-likeness (QED) is 0.299. The second-order valence-electron chi connectivity index (χ2n) is 13.5. The number of anilines is 2. The largest absolute Gasteiger partial charge is 0.504 e. The monoisotopic (exact) mass is 659 g/mol. The molecule has 2 aliphatic heterocycles. The van der Waals surface area contributed by atoms with Crippen molar-refractivity contribution >= 4 is 34.9 Å². The predicted molar refractivity (Wildman–Crippen MR) is 185 cm³/mol. The van der Waals surface area contributed by atoms with Crippen molar-refractivity contribution in [3.05, 3.63) is 76.4 Å². The first kappa shape index (κ1) is 33.1. The summed E-state index contributed by atoms with van der Waals surface area (Å²) >= 11 is 6.26. The molecule has 3 aromatic rings. The van der Waals surface area contributed by atoms with Crippen LogP contribution in [0.5, 0.6) is 11.5 Å². The number of pyridine rings is 1. The molecule has 2 amide bonds. The Morgan fingerprint density at radius 1 is 1.04 bits per heavy atom. The Hall–Kier alpha value is -3.82. The molecule has 2 aromatic carbocycles. The molecule has 9 nitrogen and oxygen atoms in total. The van der Waals surface area contributed by atoms with Gasteiger partial charge in [0.2, 0.25) is 11.8 Å². The molecule has 1 saturated carbocycles. The van der Waals surface area contributed by atoms with Crippen LogP contribution in [0.15, 0.2) is 54.7 Å². The minimum Gasteiger partial charge on any atom is -0.504 e. The van der Waals surface area contributed by atoms with Crippen molar-refractivity contribution in [3.8, 4) is 11.5 Å². The van der Waals surface area contributed by atoms with Gasteiger partial charge in [-0.1, -0.05) is 30.7 Å². The lowest BCUT2D eigenvalue weighted by Gasteiger charge is -2.41. The third kappa shape index (κ3) is 7.21. The fourth-order valence-electron chi connectivity index (χ4n) is 7.24. The van der Waals surface area contributed by atoms with Gasteiger partial charge in [-0.05, 0) is 98.0 Å². The first-order chi connectivity index (χ1) is 22.6. The average Bonchev–Trinajstić information content (AvgIpc) is 3.07. The molecule has 0 bridgehead atoms. The van der Waals surface area contributed by atoms with E-state index in [9.17, 15) is 14.7 Å². The number of fused-ring (bicyclic) bond motifs is 1. The first-order valence-corrected chi connectivity index (χ1v) is 17.2. The Balaban J connectivity index is 1.19. The molecule has 3 heterocycles. The maximum Gasteiger partial charge on any atom is 0.236 e. The molecule has 2 atom stereocenters. The van der Waals surface area contributed by atoms with Crippen molar-refractivity contribution < 1.29 is 19.4 Å². The second kappa shape index (κ2) is 14.1. The predicted octanol–water partition coefficient (Wildman–Crippen LogP) is 6.07. The van der Waals surface area contributed by atoms with Gasteiger partial charge in [0.25, 0.3) is 0 Å². The molecule has 1 N–H and O–H groups in total. The summed E-state index contributed by atoms with van der Waals surface area (Å²) in [6.45, 7) is 7.24. The minimum atomic E-state index is -0.445. The van der Waals surface area contributed by atoms with E-state index >= 15 is 0 Å². The van der Waals surface area contributed by atoms with E-state index in [-0.39, 0.29) is 30.1 Å². The molecular weight excluding hydrogens is 614 g/mol. The number of phenolic OH excluding ortho intramolecular Hbond substituents is 1. The Morgan fingerprint density at radius 2 is 1.79 bits per heavy atom. The van der Waals surface area contributed by atoms with Gasteiger partial charge in [-0.25, -0.2) is 4.98 Å². The van der Waals surface area contributed by atoms with Crippen molar-refractivity contribution in [2.75, 3.05) is 50.1 Å². The summed E-state index contributed by atoms with van der Waals surface area (Å²) in [5.41, 5.74) is 3.29. The summed E-state index contributed by atoms with van der Waals surface area (Å²) in [6.07, 6.45) is 7.18. The molecule has 1 aliphatic carbocycles. The van der Waals surface area contributed by atoms with Crippen LogP contribution in [0.25, 0.3) is 0 Å². The topological polar surface area (TPSA) is 89.5 Å². The fraction of sp³-hybridized carbons (Fsp3) is 0.486. The van der Waals surface area contributed by atoms with E-state index in [1.807, 2.05) is 68.3 Å². The Bertz CT molecular complexity index is 1570. The number of aromatic nitrogens is 1. The molecule has 1 aromatic heterocycles. The van der Waals surface area contributed by atoms with Gasteiger partial charge in [-0.3, -0.25) is 19.4 Å². The number of rotatable bonds is 9. The lowest BCUT2D eigenvalue weighted by atomic mass is 9.84.